The van der Waals surface area contributed by atoms with Crippen LogP contribution in [-0.2, 0) is 4.79 Å². The normalized spacial score (nSPS) is 10.7. The number of carbonyl (C=O) groups is 2. The molecule has 19 heavy (non-hydrogen) atoms. The van der Waals surface area contributed by atoms with Crippen molar-refractivity contribution in [1.29, 1.82) is 0 Å². The number of nitrogens with one attached hydrogen (secondary N) is 3. The first-order chi connectivity index (χ1) is 8.78. The molecule has 0 aliphatic carbocycles. The molecule has 1 rings (SSSR count). The summed E-state index contributed by atoms with van der Waals surface area (Å²) in [6, 6.07) is 5.38. The third-order valence-electron chi connectivity index (χ3n) is 2.05. The van der Waals surface area contributed by atoms with Gasteiger partial charge in [-0.25, -0.2) is 9.18 Å². The predicted molar refractivity (Wildman–Crippen MR) is 71.3 cm³/mol. The van der Waals surface area contributed by atoms with Gasteiger partial charge < -0.3 is 16.0 Å². The van der Waals surface area contributed by atoms with E-state index in [1.165, 1.54) is 18.2 Å². The average Bonchev–Trinajstić information content (AvgIpc) is 2.27. The molecule has 0 heterocycles. The second-order valence-corrected chi connectivity index (χ2v) is 5.09. The van der Waals surface area contributed by atoms with Crippen LogP contribution in [0.3, 0.4) is 0 Å². The molecule has 0 unspecified atom stereocenters. The van der Waals surface area contributed by atoms with Gasteiger partial charge in [0.15, 0.2) is 0 Å². The molecule has 0 fully saturated rings. The Labute approximate surface area is 111 Å². The molecule has 1 aromatic rings. The van der Waals surface area contributed by atoms with Gasteiger partial charge in [-0.15, -0.1) is 0 Å². The molecule has 3 N–H and O–H groups in total. The van der Waals surface area contributed by atoms with Gasteiger partial charge in [-0.3, -0.25) is 4.79 Å². The van der Waals surface area contributed by atoms with Crippen molar-refractivity contribution in [3.8, 4) is 0 Å². The van der Waals surface area contributed by atoms with E-state index in [2.05, 4.69) is 16.0 Å². The summed E-state index contributed by atoms with van der Waals surface area (Å²) >= 11 is 0. The Hall–Kier alpha value is -2.11. The molecule has 0 saturated carbocycles. The molecule has 0 aliphatic heterocycles. The Morgan fingerprint density at radius 2 is 1.84 bits per heavy atom. The molecule has 3 amide bonds. The van der Waals surface area contributed by atoms with Gasteiger partial charge in [0.25, 0.3) is 0 Å². The molecule has 0 radical (unpaired) electrons. The summed E-state index contributed by atoms with van der Waals surface area (Å²) in [4.78, 5) is 22.9. The molecule has 6 heteroatoms. The Morgan fingerprint density at radius 1 is 1.21 bits per heavy atom. The lowest BCUT2D eigenvalue weighted by atomic mass is 10.1. The van der Waals surface area contributed by atoms with Crippen LogP contribution in [0.4, 0.5) is 14.9 Å². The second-order valence-electron chi connectivity index (χ2n) is 5.09. The van der Waals surface area contributed by atoms with Crippen molar-refractivity contribution in [3.63, 3.8) is 0 Å². The molecule has 0 aliphatic rings. The van der Waals surface area contributed by atoms with Gasteiger partial charge in [-0.1, -0.05) is 12.1 Å². The predicted octanol–water partition coefficient (Wildman–Crippen LogP) is 1.86. The van der Waals surface area contributed by atoms with Crippen LogP contribution >= 0.6 is 0 Å². The van der Waals surface area contributed by atoms with Gasteiger partial charge in [-0.05, 0) is 32.9 Å². The summed E-state index contributed by atoms with van der Waals surface area (Å²) in [7, 11) is 0. The van der Waals surface area contributed by atoms with Crippen LogP contribution in [0.15, 0.2) is 24.3 Å². The number of amides is 3. The highest BCUT2D eigenvalue weighted by atomic mass is 19.1. The van der Waals surface area contributed by atoms with E-state index < -0.39 is 17.8 Å². The smallest absolute Gasteiger partial charge is 0.315 e. The van der Waals surface area contributed by atoms with Crippen LogP contribution in [0.5, 0.6) is 0 Å². The van der Waals surface area contributed by atoms with Gasteiger partial charge in [0, 0.05) is 5.54 Å². The van der Waals surface area contributed by atoms with Crippen molar-refractivity contribution in [3.05, 3.63) is 30.1 Å². The Balaban J connectivity index is 2.41. The van der Waals surface area contributed by atoms with E-state index in [4.69, 9.17) is 0 Å². The highest BCUT2D eigenvalue weighted by Gasteiger charge is 2.14. The van der Waals surface area contributed by atoms with Crippen LogP contribution < -0.4 is 16.0 Å². The van der Waals surface area contributed by atoms with Crippen LogP contribution in [-0.4, -0.2) is 24.0 Å². The maximum absolute atomic E-state index is 13.3. The number of hydrogen-bond donors (Lipinski definition) is 3. The fourth-order valence-corrected chi connectivity index (χ4v) is 1.30. The van der Waals surface area contributed by atoms with E-state index >= 15 is 0 Å². The molecular formula is C13H18FN3O2. The van der Waals surface area contributed by atoms with E-state index in [-0.39, 0.29) is 17.8 Å². The van der Waals surface area contributed by atoms with E-state index in [0.717, 1.165) is 0 Å². The highest BCUT2D eigenvalue weighted by Crippen LogP contribution is 2.11. The number of anilines is 1. The number of rotatable bonds is 3. The Bertz CT molecular complexity index is 469. The monoisotopic (exact) mass is 267 g/mol. The standard InChI is InChI=1S/C13H18FN3O2/c1-13(2,3)17-12(19)15-8-11(18)16-10-7-5-4-6-9(10)14/h4-7H,8H2,1-3H3,(H,16,18)(H2,15,17,19). The lowest BCUT2D eigenvalue weighted by molar-refractivity contribution is -0.115. The number of carbonyl (C=O) groups excluding carboxylic acids is 2. The highest BCUT2D eigenvalue weighted by molar-refractivity contribution is 5.94. The molecule has 5 nitrogen and oxygen atoms in total. The minimum atomic E-state index is -0.519. The first kappa shape index (κ1) is 14.9. The summed E-state index contributed by atoms with van der Waals surface area (Å²) in [5.74, 6) is -1.01. The summed E-state index contributed by atoms with van der Waals surface area (Å²) in [6.45, 7) is 5.25. The molecule has 0 spiro atoms. The minimum Gasteiger partial charge on any atom is -0.334 e. The molecule has 104 valence electrons. The van der Waals surface area contributed by atoms with Crippen LogP contribution in [0, 0.1) is 5.82 Å². The van der Waals surface area contributed by atoms with Crippen molar-refractivity contribution in [1.82, 2.24) is 10.6 Å². The average molecular weight is 267 g/mol. The van der Waals surface area contributed by atoms with Crippen molar-refractivity contribution in [2.24, 2.45) is 0 Å². The number of benzene rings is 1. The molecule has 0 bridgehead atoms. The first-order valence-corrected chi connectivity index (χ1v) is 5.88. The fraction of sp³-hybridized carbons (Fsp3) is 0.385. The van der Waals surface area contributed by atoms with Crippen LogP contribution in [0.1, 0.15) is 20.8 Å². The molecular weight excluding hydrogens is 249 g/mol. The third-order valence-corrected chi connectivity index (χ3v) is 2.05. The fourth-order valence-electron chi connectivity index (χ4n) is 1.30. The summed E-state index contributed by atoms with van der Waals surface area (Å²) in [5.41, 5.74) is -0.294. The molecule has 1 aromatic carbocycles. The maximum atomic E-state index is 13.3. The van der Waals surface area contributed by atoms with E-state index in [9.17, 15) is 14.0 Å². The van der Waals surface area contributed by atoms with E-state index in [1.54, 1.807) is 6.07 Å². The van der Waals surface area contributed by atoms with E-state index in [1.807, 2.05) is 20.8 Å². The van der Waals surface area contributed by atoms with Crippen LogP contribution in [0.25, 0.3) is 0 Å². The first-order valence-electron chi connectivity index (χ1n) is 5.88. The van der Waals surface area contributed by atoms with Gasteiger partial charge in [-0.2, -0.15) is 0 Å². The van der Waals surface area contributed by atoms with Gasteiger partial charge >= 0.3 is 6.03 Å². The van der Waals surface area contributed by atoms with Crippen molar-refractivity contribution < 1.29 is 14.0 Å². The minimum absolute atomic E-state index is 0.0885. The Kier molecular flexibility index (Phi) is 4.86. The number of halogens is 1. The summed E-state index contributed by atoms with van der Waals surface area (Å²) in [6.07, 6.45) is 0. The molecule has 0 aromatic heterocycles. The van der Waals surface area contributed by atoms with Crippen molar-refractivity contribution in [2.75, 3.05) is 11.9 Å². The molecule has 0 atom stereocenters. The number of para-hydroxylation sites is 1. The zero-order valence-corrected chi connectivity index (χ0v) is 11.2. The van der Waals surface area contributed by atoms with Crippen molar-refractivity contribution in [2.45, 2.75) is 26.3 Å². The van der Waals surface area contributed by atoms with Crippen molar-refractivity contribution >= 4 is 17.6 Å². The zero-order valence-electron chi connectivity index (χ0n) is 11.2. The van der Waals surface area contributed by atoms with Gasteiger partial charge in [0.2, 0.25) is 5.91 Å². The topological polar surface area (TPSA) is 70.2 Å². The summed E-state index contributed by atoms with van der Waals surface area (Å²) < 4.78 is 13.3. The zero-order chi connectivity index (χ0) is 14.5. The quantitative estimate of drug-likeness (QED) is 0.782. The maximum Gasteiger partial charge on any atom is 0.315 e. The number of urea groups is 1. The second kappa shape index (κ2) is 6.17. The van der Waals surface area contributed by atoms with Crippen LogP contribution in [0.2, 0.25) is 0 Å². The summed E-state index contributed by atoms with van der Waals surface area (Å²) in [5, 5.41) is 7.41. The SMILES string of the molecule is CC(C)(C)NC(=O)NCC(=O)Nc1ccccc1F. The van der Waals surface area contributed by atoms with Gasteiger partial charge in [0.1, 0.15) is 5.82 Å². The van der Waals surface area contributed by atoms with E-state index in [0.29, 0.717) is 0 Å². The molecule has 0 saturated heterocycles. The largest absolute Gasteiger partial charge is 0.334 e. The lowest BCUT2D eigenvalue weighted by Crippen LogP contribution is -2.48. The number of hydrogen-bond acceptors (Lipinski definition) is 2. The third kappa shape index (κ3) is 5.85. The Morgan fingerprint density at radius 3 is 2.42 bits per heavy atom. The van der Waals surface area contributed by atoms with Gasteiger partial charge in [0.05, 0.1) is 12.2 Å². The lowest BCUT2D eigenvalue weighted by Gasteiger charge is -2.20.